The average molecular weight is 278 g/mol. The summed E-state index contributed by atoms with van der Waals surface area (Å²) in [5.74, 6) is -0.422. The molecule has 92 valence electrons. The lowest BCUT2D eigenvalue weighted by atomic mass is 10.1. The number of aryl methyl sites for hydroxylation is 1. The predicted octanol–water partition coefficient (Wildman–Crippen LogP) is 3.49. The topological polar surface area (TPSA) is 38.7 Å². The predicted molar refractivity (Wildman–Crippen MR) is 65.6 cm³/mol. The fourth-order valence-corrected chi connectivity index (χ4v) is 1.49. The lowest BCUT2D eigenvalue weighted by molar-refractivity contribution is 0.182. The second-order valence-corrected chi connectivity index (χ2v) is 4.33. The molecule has 0 unspecified atom stereocenters. The van der Waals surface area contributed by atoms with E-state index in [0.717, 1.165) is 0 Å². The SMILES string of the molecule is COC(=O)N=C(c1ccc(C)c(F)c1)C(Cl)Cl. The molecule has 1 rings (SSSR count). The molecule has 0 aliphatic heterocycles. The molecular weight excluding hydrogens is 268 g/mol. The Morgan fingerprint density at radius 1 is 1.47 bits per heavy atom. The Labute approximate surface area is 108 Å². The first kappa shape index (κ1) is 13.9. The molecule has 1 aromatic rings. The van der Waals surface area contributed by atoms with Crippen molar-refractivity contribution in [3.63, 3.8) is 0 Å². The van der Waals surface area contributed by atoms with Crippen LogP contribution in [0, 0.1) is 12.7 Å². The van der Waals surface area contributed by atoms with E-state index in [1.807, 2.05) is 0 Å². The molecule has 0 atom stereocenters. The minimum Gasteiger partial charge on any atom is -0.451 e. The van der Waals surface area contributed by atoms with Gasteiger partial charge in [0.25, 0.3) is 0 Å². The van der Waals surface area contributed by atoms with Crippen LogP contribution in [0.2, 0.25) is 0 Å². The van der Waals surface area contributed by atoms with E-state index in [-0.39, 0.29) is 5.71 Å². The fourth-order valence-electron chi connectivity index (χ4n) is 1.14. The van der Waals surface area contributed by atoms with E-state index in [9.17, 15) is 9.18 Å². The van der Waals surface area contributed by atoms with Gasteiger partial charge in [0.1, 0.15) is 10.7 Å². The van der Waals surface area contributed by atoms with E-state index in [4.69, 9.17) is 23.2 Å². The van der Waals surface area contributed by atoms with E-state index >= 15 is 0 Å². The Balaban J connectivity index is 3.19. The molecule has 6 heteroatoms. The quantitative estimate of drug-likeness (QED) is 0.613. The number of rotatable bonds is 2. The number of carbonyl (C=O) groups excluding carboxylic acids is 1. The highest BCUT2D eigenvalue weighted by molar-refractivity contribution is 6.56. The third-order valence-electron chi connectivity index (χ3n) is 2.06. The van der Waals surface area contributed by atoms with Crippen molar-refractivity contribution in [3.05, 3.63) is 35.1 Å². The molecular formula is C11H10Cl2FNO2. The summed E-state index contributed by atoms with van der Waals surface area (Å²) in [5.41, 5.74) is 0.874. The van der Waals surface area contributed by atoms with Gasteiger partial charge in [0.2, 0.25) is 0 Å². The van der Waals surface area contributed by atoms with Crippen LogP contribution in [0.15, 0.2) is 23.2 Å². The van der Waals surface area contributed by atoms with Gasteiger partial charge < -0.3 is 4.74 Å². The van der Waals surface area contributed by atoms with Crippen molar-refractivity contribution < 1.29 is 13.9 Å². The average Bonchev–Trinajstić information content (AvgIpc) is 2.29. The van der Waals surface area contributed by atoms with Crippen LogP contribution in [-0.2, 0) is 4.74 Å². The lowest BCUT2D eigenvalue weighted by Crippen LogP contribution is -2.13. The minimum absolute atomic E-state index is 0.0547. The molecule has 0 spiro atoms. The lowest BCUT2D eigenvalue weighted by Gasteiger charge is -2.07. The molecule has 0 saturated heterocycles. The Bertz CT molecular complexity index is 461. The zero-order chi connectivity index (χ0) is 13.0. The first-order chi connectivity index (χ1) is 7.95. The molecule has 0 bridgehead atoms. The van der Waals surface area contributed by atoms with Gasteiger partial charge in [0.15, 0.2) is 0 Å². The Morgan fingerprint density at radius 2 is 2.12 bits per heavy atom. The number of amides is 1. The maximum atomic E-state index is 13.4. The van der Waals surface area contributed by atoms with Crippen LogP contribution < -0.4 is 0 Å². The number of benzene rings is 1. The first-order valence-corrected chi connectivity index (χ1v) is 5.54. The number of hydrogen-bond donors (Lipinski definition) is 0. The Kier molecular flexibility index (Phi) is 4.90. The molecule has 0 saturated carbocycles. The van der Waals surface area contributed by atoms with Crippen LogP contribution >= 0.6 is 23.2 Å². The van der Waals surface area contributed by atoms with E-state index in [2.05, 4.69) is 9.73 Å². The number of ether oxygens (including phenoxy) is 1. The third-order valence-corrected chi connectivity index (χ3v) is 2.47. The smallest absolute Gasteiger partial charge is 0.433 e. The summed E-state index contributed by atoms with van der Waals surface area (Å²) in [6.45, 7) is 1.62. The second kappa shape index (κ2) is 5.98. The number of methoxy groups -OCH3 is 1. The van der Waals surface area contributed by atoms with Crippen LogP contribution in [0.5, 0.6) is 0 Å². The van der Waals surface area contributed by atoms with Crippen LogP contribution in [0.4, 0.5) is 9.18 Å². The third kappa shape index (κ3) is 3.68. The van der Waals surface area contributed by atoms with E-state index in [1.54, 1.807) is 19.1 Å². The molecule has 17 heavy (non-hydrogen) atoms. The van der Waals surface area contributed by atoms with Crippen LogP contribution in [0.3, 0.4) is 0 Å². The van der Waals surface area contributed by atoms with Crippen LogP contribution in [-0.4, -0.2) is 23.8 Å². The Hall–Kier alpha value is -1.13. The number of alkyl halides is 2. The standard InChI is InChI=1S/C11H10Cl2FNO2/c1-6-3-4-7(5-8(6)14)9(10(12)13)15-11(16)17-2/h3-5,10H,1-2H3. The monoisotopic (exact) mass is 277 g/mol. The van der Waals surface area contributed by atoms with Gasteiger partial charge in [0, 0.05) is 5.56 Å². The van der Waals surface area contributed by atoms with Crippen molar-refractivity contribution in [3.8, 4) is 0 Å². The summed E-state index contributed by atoms with van der Waals surface area (Å²) in [7, 11) is 1.18. The molecule has 3 nitrogen and oxygen atoms in total. The van der Waals surface area contributed by atoms with Crippen molar-refractivity contribution in [1.82, 2.24) is 0 Å². The first-order valence-electron chi connectivity index (χ1n) is 4.67. The van der Waals surface area contributed by atoms with Gasteiger partial charge in [-0.3, -0.25) is 0 Å². The molecule has 0 aliphatic rings. The largest absolute Gasteiger partial charge is 0.451 e. The number of nitrogens with zero attached hydrogens (tertiary/aromatic N) is 1. The van der Waals surface area contributed by atoms with E-state index in [1.165, 1.54) is 13.2 Å². The molecule has 0 aromatic heterocycles. The highest BCUT2D eigenvalue weighted by Gasteiger charge is 2.15. The molecule has 0 aliphatic carbocycles. The van der Waals surface area contributed by atoms with Crippen molar-refractivity contribution in [2.45, 2.75) is 11.8 Å². The second-order valence-electron chi connectivity index (χ2n) is 3.23. The highest BCUT2D eigenvalue weighted by Crippen LogP contribution is 2.17. The van der Waals surface area contributed by atoms with Crippen LogP contribution in [0.1, 0.15) is 11.1 Å². The summed E-state index contributed by atoms with van der Waals surface area (Å²) in [5, 5.41) is 0. The highest BCUT2D eigenvalue weighted by atomic mass is 35.5. The summed E-state index contributed by atoms with van der Waals surface area (Å²) in [6, 6.07) is 4.35. The zero-order valence-electron chi connectivity index (χ0n) is 9.21. The van der Waals surface area contributed by atoms with Crippen molar-refractivity contribution in [1.29, 1.82) is 0 Å². The number of hydrogen-bond acceptors (Lipinski definition) is 2. The van der Waals surface area contributed by atoms with Gasteiger partial charge in [-0.2, -0.15) is 4.99 Å². The molecule has 1 aromatic carbocycles. The van der Waals surface area contributed by atoms with Gasteiger partial charge in [-0.1, -0.05) is 35.3 Å². The maximum absolute atomic E-state index is 13.4. The van der Waals surface area contributed by atoms with E-state index < -0.39 is 16.7 Å². The number of aliphatic imine (C=N–C) groups is 1. The number of carbonyl (C=O) groups is 1. The Morgan fingerprint density at radius 3 is 2.59 bits per heavy atom. The van der Waals surface area contributed by atoms with Crippen molar-refractivity contribution in [2.24, 2.45) is 4.99 Å². The molecule has 1 amide bonds. The summed E-state index contributed by atoms with van der Waals surface area (Å²) in [6.07, 6.45) is -0.840. The summed E-state index contributed by atoms with van der Waals surface area (Å²) >= 11 is 11.4. The molecule has 0 N–H and O–H groups in total. The normalized spacial score (nSPS) is 11.8. The van der Waals surface area contributed by atoms with Gasteiger partial charge in [-0.15, -0.1) is 0 Å². The maximum Gasteiger partial charge on any atom is 0.433 e. The summed E-state index contributed by atoms with van der Waals surface area (Å²) in [4.78, 5) is 13.5. The summed E-state index contributed by atoms with van der Waals surface area (Å²) < 4.78 is 17.7. The van der Waals surface area contributed by atoms with Crippen molar-refractivity contribution >= 4 is 35.0 Å². The van der Waals surface area contributed by atoms with Gasteiger partial charge >= 0.3 is 6.09 Å². The minimum atomic E-state index is -1.05. The molecule has 0 heterocycles. The zero-order valence-corrected chi connectivity index (χ0v) is 10.7. The van der Waals surface area contributed by atoms with Gasteiger partial charge in [-0.05, 0) is 18.6 Å². The fraction of sp³-hybridized carbons (Fsp3) is 0.273. The van der Waals surface area contributed by atoms with Crippen molar-refractivity contribution in [2.75, 3.05) is 7.11 Å². The van der Waals surface area contributed by atoms with Crippen LogP contribution in [0.25, 0.3) is 0 Å². The van der Waals surface area contributed by atoms with Gasteiger partial charge in [-0.25, -0.2) is 9.18 Å². The molecule has 0 radical (unpaired) electrons. The molecule has 0 fully saturated rings. The number of halogens is 3. The van der Waals surface area contributed by atoms with E-state index in [0.29, 0.717) is 11.1 Å². The van der Waals surface area contributed by atoms with Gasteiger partial charge in [0.05, 0.1) is 12.8 Å².